The Hall–Kier alpha value is -0.820. The van der Waals surface area contributed by atoms with Crippen molar-refractivity contribution in [2.45, 2.75) is 26.3 Å². The number of carbonyl (C=O) groups is 1. The zero-order valence-electron chi connectivity index (χ0n) is 14.6. The number of hydrogen-bond donors (Lipinski definition) is 1. The van der Waals surface area contributed by atoms with Crippen LogP contribution >= 0.6 is 24.0 Å². The lowest BCUT2D eigenvalue weighted by Gasteiger charge is -2.36. The molecule has 1 aliphatic rings. The Morgan fingerprint density at radius 1 is 1.40 bits per heavy atom. The van der Waals surface area contributed by atoms with Crippen LogP contribution in [0.2, 0.25) is 5.02 Å². The molecule has 0 aromatic heterocycles. The fourth-order valence-corrected chi connectivity index (χ4v) is 4.86. The maximum absolute atomic E-state index is 12.6. The standard InChI is InChI=1S/C17H25ClN2O3S.ClH/c1-13(2)12-24(22,23)9-6-17(21)20-8-7-19-11-16(20)14-4-3-5-15(18)10-14;/h3-5,10,13,16,19H,6-9,11-12H2,1-2H3;1H. The van der Waals surface area contributed by atoms with Gasteiger partial charge in [-0.2, -0.15) is 0 Å². The molecule has 1 aromatic rings. The van der Waals surface area contributed by atoms with E-state index in [9.17, 15) is 13.2 Å². The van der Waals surface area contributed by atoms with Gasteiger partial charge < -0.3 is 10.2 Å². The molecule has 0 spiro atoms. The number of amides is 1. The van der Waals surface area contributed by atoms with Gasteiger partial charge in [-0.25, -0.2) is 8.42 Å². The normalized spacial score (nSPS) is 18.1. The summed E-state index contributed by atoms with van der Waals surface area (Å²) in [5.41, 5.74) is 0.966. The molecule has 5 nitrogen and oxygen atoms in total. The SMILES string of the molecule is CC(C)CS(=O)(=O)CCC(=O)N1CCNCC1c1cccc(Cl)c1.Cl. The lowest BCUT2D eigenvalue weighted by molar-refractivity contribution is -0.134. The van der Waals surface area contributed by atoms with Crippen LogP contribution in [0.4, 0.5) is 0 Å². The predicted octanol–water partition coefficient (Wildman–Crippen LogP) is 2.70. The Kier molecular flexibility index (Phi) is 8.68. The van der Waals surface area contributed by atoms with Crippen LogP contribution in [0.25, 0.3) is 0 Å². The lowest BCUT2D eigenvalue weighted by atomic mass is 10.0. The van der Waals surface area contributed by atoms with Crippen LogP contribution in [0.5, 0.6) is 0 Å². The predicted molar refractivity (Wildman–Crippen MR) is 104 cm³/mol. The summed E-state index contributed by atoms with van der Waals surface area (Å²) in [6, 6.07) is 7.35. The Balaban J connectivity index is 0.00000312. The third-order valence-corrected chi connectivity index (χ3v) is 6.25. The first-order valence-corrected chi connectivity index (χ1v) is 10.4. The van der Waals surface area contributed by atoms with Gasteiger partial charge in [-0.15, -0.1) is 12.4 Å². The number of rotatable bonds is 6. The van der Waals surface area contributed by atoms with E-state index in [0.717, 1.165) is 5.56 Å². The van der Waals surface area contributed by atoms with Gasteiger partial charge in [0.1, 0.15) is 0 Å². The monoisotopic (exact) mass is 408 g/mol. The molecule has 1 unspecified atom stereocenters. The average molecular weight is 409 g/mol. The van der Waals surface area contributed by atoms with Gasteiger partial charge in [0.05, 0.1) is 17.5 Å². The van der Waals surface area contributed by atoms with E-state index < -0.39 is 9.84 Å². The zero-order chi connectivity index (χ0) is 17.7. The first kappa shape index (κ1) is 22.2. The molecule has 1 saturated heterocycles. The van der Waals surface area contributed by atoms with E-state index in [1.807, 2.05) is 32.0 Å². The molecule has 1 aliphatic heterocycles. The molecule has 1 aromatic carbocycles. The second-order valence-corrected chi connectivity index (χ2v) is 9.29. The smallest absolute Gasteiger partial charge is 0.224 e. The molecule has 0 aliphatic carbocycles. The van der Waals surface area contributed by atoms with Crippen molar-refractivity contribution in [3.8, 4) is 0 Å². The summed E-state index contributed by atoms with van der Waals surface area (Å²) < 4.78 is 24.0. The van der Waals surface area contributed by atoms with E-state index in [2.05, 4.69) is 5.32 Å². The molecular weight excluding hydrogens is 383 g/mol. The molecule has 0 radical (unpaired) electrons. The Morgan fingerprint density at radius 2 is 2.12 bits per heavy atom. The number of nitrogens with zero attached hydrogens (tertiary/aromatic N) is 1. The lowest BCUT2D eigenvalue weighted by Crippen LogP contribution is -2.49. The summed E-state index contributed by atoms with van der Waals surface area (Å²) in [5, 5.41) is 3.91. The quantitative estimate of drug-likeness (QED) is 0.785. The third-order valence-electron chi connectivity index (χ3n) is 4.01. The van der Waals surface area contributed by atoms with Crippen molar-refractivity contribution in [2.75, 3.05) is 31.1 Å². The summed E-state index contributed by atoms with van der Waals surface area (Å²) in [7, 11) is -3.19. The number of carbonyl (C=O) groups excluding carboxylic acids is 1. The molecule has 1 atom stereocenters. The van der Waals surface area contributed by atoms with Crippen molar-refractivity contribution in [3.05, 3.63) is 34.9 Å². The molecule has 142 valence electrons. The highest BCUT2D eigenvalue weighted by atomic mass is 35.5. The summed E-state index contributed by atoms with van der Waals surface area (Å²) in [6.45, 7) is 5.66. The molecule has 0 bridgehead atoms. The van der Waals surface area contributed by atoms with Gasteiger partial charge in [-0.05, 0) is 23.6 Å². The summed E-state index contributed by atoms with van der Waals surface area (Å²) in [4.78, 5) is 14.4. The minimum atomic E-state index is -3.19. The number of benzene rings is 1. The molecule has 1 N–H and O–H groups in total. The van der Waals surface area contributed by atoms with Gasteiger partial charge in [0.25, 0.3) is 0 Å². The second-order valence-electron chi connectivity index (χ2n) is 6.62. The molecule has 0 saturated carbocycles. The van der Waals surface area contributed by atoms with Crippen molar-refractivity contribution in [1.82, 2.24) is 10.2 Å². The minimum Gasteiger partial charge on any atom is -0.333 e. The number of halogens is 2. The van der Waals surface area contributed by atoms with Crippen LogP contribution in [0.1, 0.15) is 31.9 Å². The molecule has 1 heterocycles. The maximum atomic E-state index is 12.6. The number of nitrogens with one attached hydrogen (secondary N) is 1. The van der Waals surface area contributed by atoms with Crippen molar-refractivity contribution in [1.29, 1.82) is 0 Å². The Bertz CT molecular complexity index is 680. The minimum absolute atomic E-state index is 0. The second kappa shape index (κ2) is 9.76. The molecular formula is C17H26Cl2N2O3S. The van der Waals surface area contributed by atoms with E-state index in [1.165, 1.54) is 0 Å². The van der Waals surface area contributed by atoms with Crippen LogP contribution in [-0.4, -0.2) is 50.4 Å². The number of sulfone groups is 1. The van der Waals surface area contributed by atoms with Crippen LogP contribution in [0.3, 0.4) is 0 Å². The summed E-state index contributed by atoms with van der Waals surface area (Å²) >= 11 is 6.06. The summed E-state index contributed by atoms with van der Waals surface area (Å²) in [5.74, 6) is -0.00670. The van der Waals surface area contributed by atoms with E-state index in [1.54, 1.807) is 11.0 Å². The van der Waals surface area contributed by atoms with Gasteiger partial charge in [0.2, 0.25) is 5.91 Å². The zero-order valence-corrected chi connectivity index (χ0v) is 17.0. The Labute approximate surface area is 161 Å². The molecule has 8 heteroatoms. The van der Waals surface area contributed by atoms with E-state index >= 15 is 0 Å². The molecule has 2 rings (SSSR count). The molecule has 25 heavy (non-hydrogen) atoms. The third kappa shape index (κ3) is 6.77. The molecule has 1 amide bonds. The van der Waals surface area contributed by atoms with E-state index in [0.29, 0.717) is 24.7 Å². The maximum Gasteiger partial charge on any atom is 0.224 e. The van der Waals surface area contributed by atoms with Crippen LogP contribution < -0.4 is 5.32 Å². The van der Waals surface area contributed by atoms with E-state index in [-0.39, 0.29) is 48.2 Å². The van der Waals surface area contributed by atoms with Gasteiger partial charge in [-0.1, -0.05) is 37.6 Å². The highest BCUT2D eigenvalue weighted by Crippen LogP contribution is 2.25. The van der Waals surface area contributed by atoms with Gasteiger partial charge in [0.15, 0.2) is 9.84 Å². The van der Waals surface area contributed by atoms with Crippen molar-refractivity contribution in [3.63, 3.8) is 0 Å². The fraction of sp³-hybridized carbons (Fsp3) is 0.588. The van der Waals surface area contributed by atoms with Crippen LogP contribution in [0, 0.1) is 5.92 Å². The Morgan fingerprint density at radius 3 is 2.76 bits per heavy atom. The van der Waals surface area contributed by atoms with Crippen LogP contribution in [-0.2, 0) is 14.6 Å². The van der Waals surface area contributed by atoms with Crippen molar-refractivity contribution < 1.29 is 13.2 Å². The largest absolute Gasteiger partial charge is 0.333 e. The van der Waals surface area contributed by atoms with Crippen molar-refractivity contribution >= 4 is 39.8 Å². The topological polar surface area (TPSA) is 66.5 Å². The van der Waals surface area contributed by atoms with Crippen LogP contribution in [0.15, 0.2) is 24.3 Å². The molecule has 1 fully saturated rings. The first-order valence-electron chi connectivity index (χ1n) is 8.24. The highest BCUT2D eigenvalue weighted by molar-refractivity contribution is 7.91. The number of piperazine rings is 1. The average Bonchev–Trinajstić information content (AvgIpc) is 2.51. The highest BCUT2D eigenvalue weighted by Gasteiger charge is 2.28. The first-order chi connectivity index (χ1) is 11.3. The number of hydrogen-bond acceptors (Lipinski definition) is 4. The van der Waals surface area contributed by atoms with Gasteiger partial charge >= 0.3 is 0 Å². The van der Waals surface area contributed by atoms with Crippen molar-refractivity contribution in [2.24, 2.45) is 5.92 Å². The van der Waals surface area contributed by atoms with Gasteiger partial charge in [0, 0.05) is 31.1 Å². The fourth-order valence-electron chi connectivity index (χ4n) is 2.99. The summed E-state index contributed by atoms with van der Waals surface area (Å²) in [6.07, 6.45) is 0.0338. The van der Waals surface area contributed by atoms with Gasteiger partial charge in [-0.3, -0.25) is 4.79 Å². The van der Waals surface area contributed by atoms with E-state index in [4.69, 9.17) is 11.6 Å².